The van der Waals surface area contributed by atoms with Gasteiger partial charge in [-0.15, -0.1) is 0 Å². The minimum absolute atomic E-state index is 0.0534. The van der Waals surface area contributed by atoms with Crippen LogP contribution in [0.1, 0.15) is 25.3 Å². The molecule has 3 fully saturated rings. The van der Waals surface area contributed by atoms with Crippen LogP contribution in [0.5, 0.6) is 5.75 Å². The molecule has 3 aliphatic heterocycles. The molecule has 10 heteroatoms. The molecule has 0 N–H and O–H groups in total. The molecular formula is C24H29N3O6S. The normalized spacial score (nSPS) is 20.9. The van der Waals surface area contributed by atoms with Crippen molar-refractivity contribution in [3.05, 3.63) is 34.7 Å². The molecule has 182 valence electrons. The van der Waals surface area contributed by atoms with Crippen molar-refractivity contribution in [1.82, 2.24) is 14.7 Å². The van der Waals surface area contributed by atoms with E-state index >= 15 is 0 Å². The van der Waals surface area contributed by atoms with E-state index in [1.807, 2.05) is 0 Å². The number of ether oxygens (including phenoxy) is 2. The molecule has 9 nitrogen and oxygen atoms in total. The molecule has 4 rings (SSSR count). The summed E-state index contributed by atoms with van der Waals surface area (Å²) in [4.78, 5) is 54.6. The lowest BCUT2D eigenvalue weighted by atomic mass is 9.99. The molecule has 1 aromatic carbocycles. The van der Waals surface area contributed by atoms with Gasteiger partial charge >= 0.3 is 0 Å². The average Bonchev–Trinajstić information content (AvgIpc) is 3.11. The van der Waals surface area contributed by atoms with Crippen molar-refractivity contribution in [3.8, 4) is 5.75 Å². The highest BCUT2D eigenvalue weighted by Gasteiger charge is 2.37. The van der Waals surface area contributed by atoms with Crippen LogP contribution in [0.25, 0.3) is 6.08 Å². The summed E-state index contributed by atoms with van der Waals surface area (Å²) in [5, 5.41) is -0.434. The number of amides is 4. The van der Waals surface area contributed by atoms with Crippen LogP contribution in [-0.4, -0.2) is 90.2 Å². The van der Waals surface area contributed by atoms with E-state index in [4.69, 9.17) is 9.47 Å². The third-order valence-corrected chi connectivity index (χ3v) is 7.11. The van der Waals surface area contributed by atoms with Crippen molar-refractivity contribution >= 4 is 40.8 Å². The first-order valence-corrected chi connectivity index (χ1v) is 12.3. The zero-order valence-electron chi connectivity index (χ0n) is 19.2. The highest BCUT2D eigenvalue weighted by Crippen LogP contribution is 2.32. The van der Waals surface area contributed by atoms with Gasteiger partial charge in [-0.2, -0.15) is 0 Å². The van der Waals surface area contributed by atoms with Gasteiger partial charge in [0.15, 0.2) is 6.61 Å². The van der Waals surface area contributed by atoms with Crippen LogP contribution in [0.15, 0.2) is 29.2 Å². The predicted octanol–water partition coefficient (Wildman–Crippen LogP) is 2.22. The first-order chi connectivity index (χ1) is 16.4. The molecule has 0 bridgehead atoms. The largest absolute Gasteiger partial charge is 0.484 e. The maximum Gasteiger partial charge on any atom is 0.294 e. The number of carbonyl (C=O) groups excluding carboxylic acids is 4. The lowest BCUT2D eigenvalue weighted by molar-refractivity contribution is -0.137. The molecule has 34 heavy (non-hydrogen) atoms. The molecule has 3 aliphatic rings. The highest BCUT2D eigenvalue weighted by atomic mass is 32.2. The average molecular weight is 488 g/mol. The summed E-state index contributed by atoms with van der Waals surface area (Å²) in [6.07, 6.45) is 3.50. The van der Waals surface area contributed by atoms with Crippen molar-refractivity contribution in [2.45, 2.75) is 19.8 Å². The van der Waals surface area contributed by atoms with E-state index in [1.54, 1.807) is 40.1 Å². The number of nitrogens with zero attached hydrogens (tertiary/aromatic N) is 3. The Bertz CT molecular complexity index is 965. The van der Waals surface area contributed by atoms with E-state index in [1.165, 1.54) is 0 Å². The number of carbonyl (C=O) groups is 4. The van der Waals surface area contributed by atoms with Gasteiger partial charge in [0.2, 0.25) is 5.91 Å². The van der Waals surface area contributed by atoms with E-state index in [-0.39, 0.29) is 29.9 Å². The van der Waals surface area contributed by atoms with Gasteiger partial charge < -0.3 is 19.3 Å². The van der Waals surface area contributed by atoms with Crippen LogP contribution in [-0.2, 0) is 19.1 Å². The molecular weight excluding hydrogens is 458 g/mol. The Kier molecular flexibility index (Phi) is 7.89. The first-order valence-electron chi connectivity index (χ1n) is 11.5. The number of thioether (sulfide) groups is 1. The van der Waals surface area contributed by atoms with Crippen molar-refractivity contribution in [2.24, 2.45) is 5.92 Å². The van der Waals surface area contributed by atoms with Crippen molar-refractivity contribution in [2.75, 3.05) is 52.5 Å². The van der Waals surface area contributed by atoms with Gasteiger partial charge in [-0.1, -0.05) is 19.1 Å². The summed E-state index contributed by atoms with van der Waals surface area (Å²) in [6.45, 7) is 5.43. The molecule has 3 saturated heterocycles. The second-order valence-electron chi connectivity index (χ2n) is 8.68. The Labute approximate surface area is 203 Å². The number of hydrogen-bond acceptors (Lipinski definition) is 7. The fourth-order valence-electron chi connectivity index (χ4n) is 3.99. The van der Waals surface area contributed by atoms with Crippen LogP contribution in [0, 0.1) is 5.92 Å². The summed E-state index contributed by atoms with van der Waals surface area (Å²) < 4.78 is 10.8. The summed E-state index contributed by atoms with van der Waals surface area (Å²) in [7, 11) is 0. The van der Waals surface area contributed by atoms with Gasteiger partial charge in [0.1, 0.15) is 12.3 Å². The molecule has 0 spiro atoms. The van der Waals surface area contributed by atoms with Gasteiger partial charge in [-0.05, 0) is 54.3 Å². The molecule has 0 unspecified atom stereocenters. The molecule has 0 aliphatic carbocycles. The Morgan fingerprint density at radius 3 is 2.35 bits per heavy atom. The maximum atomic E-state index is 12.8. The number of hydrogen-bond donors (Lipinski definition) is 0. The summed E-state index contributed by atoms with van der Waals surface area (Å²) in [6, 6.07) is 6.93. The third-order valence-electron chi connectivity index (χ3n) is 6.21. The number of morpholine rings is 1. The zero-order chi connectivity index (χ0) is 24.1. The lowest BCUT2D eigenvalue weighted by Gasteiger charge is -2.31. The molecule has 0 radical (unpaired) electrons. The highest BCUT2D eigenvalue weighted by molar-refractivity contribution is 8.18. The smallest absolute Gasteiger partial charge is 0.294 e. The maximum absolute atomic E-state index is 12.8. The summed E-state index contributed by atoms with van der Waals surface area (Å²) in [5.41, 5.74) is 0.716. The van der Waals surface area contributed by atoms with Crippen LogP contribution < -0.4 is 4.74 Å². The van der Waals surface area contributed by atoms with Gasteiger partial charge in [0, 0.05) is 26.2 Å². The predicted molar refractivity (Wildman–Crippen MR) is 127 cm³/mol. The van der Waals surface area contributed by atoms with E-state index < -0.39 is 11.1 Å². The van der Waals surface area contributed by atoms with Gasteiger partial charge in [0.25, 0.3) is 17.1 Å². The number of imide groups is 1. The number of piperidine rings is 1. The van der Waals surface area contributed by atoms with Crippen LogP contribution in [0.4, 0.5) is 4.79 Å². The van der Waals surface area contributed by atoms with E-state index in [9.17, 15) is 19.2 Å². The Hall–Kier alpha value is -2.85. The summed E-state index contributed by atoms with van der Waals surface area (Å²) in [5.74, 6) is 0.392. The van der Waals surface area contributed by atoms with Crippen LogP contribution in [0.2, 0.25) is 0 Å². The molecule has 0 aromatic heterocycles. The minimum atomic E-state index is -0.454. The van der Waals surface area contributed by atoms with Gasteiger partial charge in [-0.25, -0.2) is 0 Å². The Morgan fingerprint density at radius 1 is 1.03 bits per heavy atom. The Balaban J connectivity index is 1.31. The molecule has 0 atom stereocenters. The van der Waals surface area contributed by atoms with Crippen LogP contribution >= 0.6 is 11.8 Å². The molecule has 0 saturated carbocycles. The topological polar surface area (TPSA) is 96.5 Å². The summed E-state index contributed by atoms with van der Waals surface area (Å²) >= 11 is 0.836. The molecule has 4 amide bonds. The number of benzene rings is 1. The van der Waals surface area contributed by atoms with Crippen molar-refractivity contribution in [3.63, 3.8) is 0 Å². The molecule has 3 heterocycles. The second kappa shape index (κ2) is 11.1. The van der Waals surface area contributed by atoms with Crippen molar-refractivity contribution in [1.29, 1.82) is 0 Å². The zero-order valence-corrected chi connectivity index (χ0v) is 20.1. The van der Waals surface area contributed by atoms with Crippen LogP contribution in [0.3, 0.4) is 0 Å². The SMILES string of the molecule is CC1CCN(C(=O)CN2C(=O)S/C(=C/c3ccc(OCC(=O)N4CCOCC4)cc3)C2=O)CC1. The van der Waals surface area contributed by atoms with Crippen molar-refractivity contribution < 1.29 is 28.7 Å². The van der Waals surface area contributed by atoms with E-state index in [0.717, 1.165) is 29.5 Å². The van der Waals surface area contributed by atoms with E-state index in [0.29, 0.717) is 56.6 Å². The first kappa shape index (κ1) is 24.3. The number of likely N-dealkylation sites (tertiary alicyclic amines) is 1. The van der Waals surface area contributed by atoms with E-state index in [2.05, 4.69) is 6.92 Å². The fraction of sp³-hybridized carbons (Fsp3) is 0.500. The van der Waals surface area contributed by atoms with Gasteiger partial charge in [-0.3, -0.25) is 24.1 Å². The fourth-order valence-corrected chi connectivity index (χ4v) is 4.83. The monoisotopic (exact) mass is 487 g/mol. The number of rotatable bonds is 6. The minimum Gasteiger partial charge on any atom is -0.484 e. The quantitative estimate of drug-likeness (QED) is 0.568. The second-order valence-corrected chi connectivity index (χ2v) is 9.68. The van der Waals surface area contributed by atoms with Gasteiger partial charge in [0.05, 0.1) is 18.1 Å². The third kappa shape index (κ3) is 5.98. The standard InChI is InChI=1S/C24H29N3O6S/c1-17-6-8-25(9-7-17)21(28)15-27-23(30)20(34-24(27)31)14-18-2-4-19(5-3-18)33-16-22(29)26-10-12-32-13-11-26/h2-5,14,17H,6-13,15-16H2,1H3/b20-14+. The molecule has 1 aromatic rings. The lowest BCUT2D eigenvalue weighted by Crippen LogP contribution is -2.45. The Morgan fingerprint density at radius 2 is 1.68 bits per heavy atom.